The predicted octanol–water partition coefficient (Wildman–Crippen LogP) is 7.96. The van der Waals surface area contributed by atoms with E-state index < -0.39 is 7.12 Å². The molecule has 0 unspecified atom stereocenters. The van der Waals surface area contributed by atoms with Gasteiger partial charge in [0.2, 0.25) is 0 Å². The summed E-state index contributed by atoms with van der Waals surface area (Å²) < 4.78 is 0. The van der Waals surface area contributed by atoms with Gasteiger partial charge in [0.05, 0.1) is 0 Å². The number of anilines is 3. The lowest BCUT2D eigenvalue weighted by Gasteiger charge is -2.26. The number of benzene rings is 7. The van der Waals surface area contributed by atoms with E-state index in [0.29, 0.717) is 5.46 Å². The van der Waals surface area contributed by atoms with Gasteiger partial charge in [-0.3, -0.25) is 0 Å². The van der Waals surface area contributed by atoms with Gasteiger partial charge in [-0.15, -0.1) is 0 Å². The lowest BCUT2D eigenvalue weighted by atomic mass is 9.76. The third kappa shape index (κ3) is 4.30. The molecule has 0 spiro atoms. The highest BCUT2D eigenvalue weighted by Gasteiger charge is 2.18. The molecule has 4 heteroatoms. The van der Waals surface area contributed by atoms with Crippen LogP contribution in [0.2, 0.25) is 0 Å². The second-order valence-electron chi connectivity index (χ2n) is 10.1. The fraction of sp³-hybridized carbons (Fsp3) is 0. The molecular formula is C36H26BNO2. The molecule has 0 heterocycles. The molecule has 0 aliphatic heterocycles. The van der Waals surface area contributed by atoms with E-state index in [1.165, 1.54) is 21.5 Å². The maximum absolute atomic E-state index is 9.88. The van der Waals surface area contributed by atoms with E-state index in [2.05, 4.69) is 114 Å². The standard InChI is InChI=1S/C36H26BNO2/c39-37(40)36-22-21-33(34-11-5-6-12-35(34)36)27-15-17-30(18-16-27)38(31-19-13-25-7-1-3-9-28(25)23-31)32-20-14-26-8-2-4-10-29(26)24-32/h1-24,39-40H. The zero-order chi connectivity index (χ0) is 27.1. The van der Waals surface area contributed by atoms with Crippen molar-refractivity contribution in [2.75, 3.05) is 4.90 Å². The third-order valence-electron chi connectivity index (χ3n) is 7.65. The smallest absolute Gasteiger partial charge is 0.423 e. The average molecular weight is 515 g/mol. The Labute approximate surface area is 233 Å². The van der Waals surface area contributed by atoms with Gasteiger partial charge in [0.15, 0.2) is 0 Å². The van der Waals surface area contributed by atoms with Crippen molar-refractivity contribution in [1.82, 2.24) is 0 Å². The number of nitrogens with zero attached hydrogens (tertiary/aromatic N) is 1. The van der Waals surface area contributed by atoms with Crippen molar-refractivity contribution in [2.24, 2.45) is 0 Å². The normalized spacial score (nSPS) is 11.2. The molecule has 7 aromatic rings. The van der Waals surface area contributed by atoms with Crippen molar-refractivity contribution in [3.05, 3.63) is 146 Å². The van der Waals surface area contributed by atoms with E-state index in [4.69, 9.17) is 0 Å². The highest BCUT2D eigenvalue weighted by atomic mass is 16.4. The summed E-state index contributed by atoms with van der Waals surface area (Å²) in [7, 11) is -1.52. The van der Waals surface area contributed by atoms with Gasteiger partial charge in [0.1, 0.15) is 0 Å². The van der Waals surface area contributed by atoms with Crippen molar-refractivity contribution >= 4 is 62.0 Å². The lowest BCUT2D eigenvalue weighted by molar-refractivity contribution is 0.426. The summed E-state index contributed by atoms with van der Waals surface area (Å²) in [4.78, 5) is 2.30. The van der Waals surface area contributed by atoms with Crippen LogP contribution in [0.15, 0.2) is 146 Å². The third-order valence-corrected chi connectivity index (χ3v) is 7.65. The Hall–Kier alpha value is -4.90. The fourth-order valence-electron chi connectivity index (χ4n) is 5.67. The molecule has 0 radical (unpaired) electrons. The summed E-state index contributed by atoms with van der Waals surface area (Å²) in [6.45, 7) is 0. The number of fused-ring (bicyclic) bond motifs is 3. The summed E-state index contributed by atoms with van der Waals surface area (Å²) >= 11 is 0. The Kier molecular flexibility index (Phi) is 6.05. The van der Waals surface area contributed by atoms with Crippen LogP contribution in [0.25, 0.3) is 43.4 Å². The van der Waals surface area contributed by atoms with Crippen LogP contribution in [0.4, 0.5) is 17.1 Å². The van der Waals surface area contributed by atoms with Gasteiger partial charge in [-0.05, 0) is 85.3 Å². The van der Waals surface area contributed by atoms with E-state index in [-0.39, 0.29) is 0 Å². The molecule has 0 aromatic heterocycles. The predicted molar refractivity (Wildman–Crippen MR) is 169 cm³/mol. The fourth-order valence-corrected chi connectivity index (χ4v) is 5.67. The van der Waals surface area contributed by atoms with Crippen LogP contribution in [0, 0.1) is 0 Å². The summed E-state index contributed by atoms with van der Waals surface area (Å²) in [5.74, 6) is 0. The van der Waals surface area contributed by atoms with Crippen molar-refractivity contribution in [3.63, 3.8) is 0 Å². The van der Waals surface area contributed by atoms with Gasteiger partial charge in [-0.25, -0.2) is 0 Å². The molecule has 0 bridgehead atoms. The Bertz CT molecular complexity index is 1920. The molecule has 2 N–H and O–H groups in total. The monoisotopic (exact) mass is 515 g/mol. The van der Waals surface area contributed by atoms with Gasteiger partial charge < -0.3 is 14.9 Å². The minimum atomic E-state index is -1.52. The second-order valence-corrected chi connectivity index (χ2v) is 10.1. The Balaban J connectivity index is 1.36. The molecule has 0 saturated heterocycles. The van der Waals surface area contributed by atoms with E-state index in [1.807, 2.05) is 30.3 Å². The molecule has 0 atom stereocenters. The van der Waals surface area contributed by atoms with Crippen LogP contribution in [-0.2, 0) is 0 Å². The van der Waals surface area contributed by atoms with Crippen LogP contribution < -0.4 is 10.4 Å². The highest BCUT2D eigenvalue weighted by molar-refractivity contribution is 6.62. The highest BCUT2D eigenvalue weighted by Crippen LogP contribution is 2.38. The molecule has 40 heavy (non-hydrogen) atoms. The lowest BCUT2D eigenvalue weighted by Crippen LogP contribution is -2.30. The van der Waals surface area contributed by atoms with Gasteiger partial charge in [-0.1, -0.05) is 109 Å². The van der Waals surface area contributed by atoms with Crippen LogP contribution in [0.3, 0.4) is 0 Å². The van der Waals surface area contributed by atoms with Gasteiger partial charge in [-0.2, -0.15) is 0 Å². The molecule has 0 aliphatic rings. The van der Waals surface area contributed by atoms with E-state index in [1.54, 1.807) is 6.07 Å². The van der Waals surface area contributed by atoms with Gasteiger partial charge in [0, 0.05) is 17.1 Å². The molecule has 0 aliphatic carbocycles. The van der Waals surface area contributed by atoms with E-state index in [0.717, 1.165) is 39.0 Å². The first-order valence-electron chi connectivity index (χ1n) is 13.4. The largest absolute Gasteiger partial charge is 0.489 e. The Morgan fingerprint density at radius 1 is 0.425 bits per heavy atom. The maximum Gasteiger partial charge on any atom is 0.489 e. The maximum atomic E-state index is 9.88. The molecule has 7 aromatic carbocycles. The first-order chi connectivity index (χ1) is 19.7. The topological polar surface area (TPSA) is 43.7 Å². The first-order valence-corrected chi connectivity index (χ1v) is 13.4. The van der Waals surface area contributed by atoms with Crippen molar-refractivity contribution in [1.29, 1.82) is 0 Å². The first kappa shape index (κ1) is 24.2. The van der Waals surface area contributed by atoms with Crippen molar-refractivity contribution in [2.45, 2.75) is 0 Å². The molecule has 0 saturated carbocycles. The zero-order valence-electron chi connectivity index (χ0n) is 21.8. The SMILES string of the molecule is OB(O)c1ccc(-c2ccc(N(c3ccc4ccccc4c3)c3ccc4ccccc4c3)cc2)c2ccccc12. The van der Waals surface area contributed by atoms with Crippen molar-refractivity contribution < 1.29 is 10.0 Å². The number of hydrogen-bond acceptors (Lipinski definition) is 3. The minimum Gasteiger partial charge on any atom is -0.423 e. The quantitative estimate of drug-likeness (QED) is 0.229. The van der Waals surface area contributed by atoms with Gasteiger partial charge in [0.25, 0.3) is 0 Å². The Morgan fingerprint density at radius 3 is 1.50 bits per heavy atom. The van der Waals surface area contributed by atoms with Crippen LogP contribution >= 0.6 is 0 Å². The molecule has 3 nitrogen and oxygen atoms in total. The molecule has 0 fully saturated rings. The minimum absolute atomic E-state index is 0.509. The van der Waals surface area contributed by atoms with Crippen LogP contribution in [-0.4, -0.2) is 17.2 Å². The summed E-state index contributed by atoms with van der Waals surface area (Å²) in [5, 5.41) is 26.4. The summed E-state index contributed by atoms with van der Waals surface area (Å²) in [5.41, 5.74) is 5.86. The van der Waals surface area contributed by atoms with Crippen LogP contribution in [0.1, 0.15) is 0 Å². The van der Waals surface area contributed by atoms with Gasteiger partial charge >= 0.3 is 7.12 Å². The molecule has 7 rings (SSSR count). The number of hydrogen-bond donors (Lipinski definition) is 2. The van der Waals surface area contributed by atoms with E-state index >= 15 is 0 Å². The van der Waals surface area contributed by atoms with E-state index in [9.17, 15) is 10.0 Å². The number of rotatable bonds is 5. The molecule has 190 valence electrons. The summed E-state index contributed by atoms with van der Waals surface area (Å²) in [6.07, 6.45) is 0. The second kappa shape index (κ2) is 10.0. The summed E-state index contributed by atoms with van der Waals surface area (Å²) in [6, 6.07) is 50.3. The molecule has 0 amide bonds. The molecular weight excluding hydrogens is 489 g/mol. The van der Waals surface area contributed by atoms with Crippen LogP contribution in [0.5, 0.6) is 0 Å². The average Bonchev–Trinajstić information content (AvgIpc) is 3.01. The van der Waals surface area contributed by atoms with Crippen molar-refractivity contribution in [3.8, 4) is 11.1 Å². The Morgan fingerprint density at radius 2 is 0.925 bits per heavy atom. The zero-order valence-corrected chi connectivity index (χ0v) is 21.8.